The Morgan fingerprint density at radius 3 is 2.89 bits per heavy atom. The Morgan fingerprint density at radius 2 is 2.28 bits per heavy atom. The number of aliphatic imine (C=N–C) groups is 1. The van der Waals surface area contributed by atoms with Gasteiger partial charge in [0, 0.05) is 18.7 Å². The molecule has 18 heavy (non-hydrogen) atoms. The number of ether oxygens (including phenoxy) is 1. The number of nitrogens with zero attached hydrogens (tertiary/aromatic N) is 3. The molecule has 0 radical (unpaired) electrons. The largest absolute Gasteiger partial charge is 0.491 e. The van der Waals surface area contributed by atoms with Crippen molar-refractivity contribution < 1.29 is 9.84 Å². The molecule has 0 amide bonds. The van der Waals surface area contributed by atoms with Gasteiger partial charge in [-0.3, -0.25) is 0 Å². The molecule has 0 fully saturated rings. The number of aliphatic hydroxyl groups is 1. The molecule has 0 unspecified atom stereocenters. The lowest BCUT2D eigenvalue weighted by molar-refractivity contribution is 0.306. The fourth-order valence-corrected chi connectivity index (χ4v) is 1.50. The fraction of sp³-hybridized carbons (Fsp3) is 0.583. The van der Waals surface area contributed by atoms with Crippen molar-refractivity contribution in [3.8, 4) is 5.75 Å². The van der Waals surface area contributed by atoms with Gasteiger partial charge in [0.2, 0.25) is 5.95 Å². The number of aliphatic hydroxyl groups excluding tert-OH is 1. The number of anilines is 1. The number of unbranched alkanes of at least 4 members (excludes halogenated alkanes) is 1. The zero-order valence-electron chi connectivity index (χ0n) is 10.9. The summed E-state index contributed by atoms with van der Waals surface area (Å²) >= 11 is 0. The molecule has 1 aromatic rings. The Bertz CT molecular complexity index is 407. The number of aromatic nitrogens is 2. The summed E-state index contributed by atoms with van der Waals surface area (Å²) in [6, 6.07) is 0. The molecule has 3 N–H and O–H groups in total. The van der Waals surface area contributed by atoms with Crippen LogP contribution in [-0.2, 0) is 0 Å². The minimum atomic E-state index is 0.0748. The van der Waals surface area contributed by atoms with Crippen LogP contribution >= 0.6 is 0 Å². The van der Waals surface area contributed by atoms with E-state index in [1.807, 2.05) is 0 Å². The van der Waals surface area contributed by atoms with E-state index in [1.165, 1.54) is 13.3 Å². The molecule has 100 valence electrons. The Labute approximate surface area is 107 Å². The van der Waals surface area contributed by atoms with Crippen LogP contribution in [0.4, 0.5) is 11.8 Å². The molecule has 0 aliphatic rings. The second kappa shape index (κ2) is 7.60. The van der Waals surface area contributed by atoms with Crippen LogP contribution in [0, 0.1) is 0 Å². The van der Waals surface area contributed by atoms with Crippen molar-refractivity contribution in [2.75, 3.05) is 19.5 Å². The van der Waals surface area contributed by atoms with E-state index in [4.69, 9.17) is 15.6 Å². The van der Waals surface area contributed by atoms with E-state index < -0.39 is 0 Å². The molecule has 0 aliphatic heterocycles. The van der Waals surface area contributed by atoms with Crippen LogP contribution in [0.25, 0.3) is 0 Å². The predicted octanol–water partition coefficient (Wildman–Crippen LogP) is 1.71. The van der Waals surface area contributed by atoms with Crippen molar-refractivity contribution in [3.05, 3.63) is 6.20 Å². The first-order valence-corrected chi connectivity index (χ1v) is 6.05. The van der Waals surface area contributed by atoms with E-state index >= 15 is 0 Å². The highest BCUT2D eigenvalue weighted by molar-refractivity contribution is 5.87. The molecule has 0 saturated carbocycles. The predicted molar refractivity (Wildman–Crippen MR) is 71.3 cm³/mol. The van der Waals surface area contributed by atoms with Gasteiger partial charge in [-0.15, -0.1) is 0 Å². The van der Waals surface area contributed by atoms with Crippen LogP contribution in [0.15, 0.2) is 11.2 Å². The lowest BCUT2D eigenvalue weighted by atomic mass is 10.1. The number of nitrogens with two attached hydrogens (primary N) is 1. The Balaban J connectivity index is 2.97. The van der Waals surface area contributed by atoms with Gasteiger partial charge in [-0.2, -0.15) is 4.98 Å². The maximum Gasteiger partial charge on any atom is 0.222 e. The molecule has 1 aromatic heterocycles. The second-order valence-corrected chi connectivity index (χ2v) is 3.88. The molecule has 6 heteroatoms. The summed E-state index contributed by atoms with van der Waals surface area (Å²) < 4.78 is 5.13. The molecular formula is C12H20N4O2. The minimum Gasteiger partial charge on any atom is -0.491 e. The third-order valence-electron chi connectivity index (χ3n) is 2.46. The highest BCUT2D eigenvalue weighted by atomic mass is 16.5. The van der Waals surface area contributed by atoms with Crippen molar-refractivity contribution >= 4 is 17.5 Å². The summed E-state index contributed by atoms with van der Waals surface area (Å²) in [6.45, 7) is 2.19. The van der Waals surface area contributed by atoms with Gasteiger partial charge >= 0.3 is 0 Å². The van der Waals surface area contributed by atoms with E-state index in [1.54, 1.807) is 0 Å². The van der Waals surface area contributed by atoms with Gasteiger partial charge in [0.15, 0.2) is 11.6 Å². The van der Waals surface area contributed by atoms with Crippen LogP contribution in [-0.4, -0.2) is 34.5 Å². The standard InChI is InChI=1S/C12H20N4O2/c1-3-4-5-9(6-7-17)15-11-10(18-2)8-14-12(13)16-11/h8,17H,3-7H2,1-2H3,(H2,13,14,16). The van der Waals surface area contributed by atoms with Crippen molar-refractivity contribution in [2.45, 2.75) is 32.6 Å². The van der Waals surface area contributed by atoms with Crippen molar-refractivity contribution in [1.82, 2.24) is 9.97 Å². The lowest BCUT2D eigenvalue weighted by Crippen LogP contribution is -2.03. The van der Waals surface area contributed by atoms with E-state index in [-0.39, 0.29) is 12.6 Å². The zero-order chi connectivity index (χ0) is 13.4. The quantitative estimate of drug-likeness (QED) is 0.720. The molecule has 6 nitrogen and oxygen atoms in total. The van der Waals surface area contributed by atoms with Crippen molar-refractivity contribution in [1.29, 1.82) is 0 Å². The van der Waals surface area contributed by atoms with Crippen molar-refractivity contribution in [2.24, 2.45) is 4.99 Å². The summed E-state index contributed by atoms with van der Waals surface area (Å²) in [5, 5.41) is 9.03. The van der Waals surface area contributed by atoms with Gasteiger partial charge in [-0.25, -0.2) is 9.98 Å². The second-order valence-electron chi connectivity index (χ2n) is 3.88. The van der Waals surface area contributed by atoms with Crippen LogP contribution in [0.5, 0.6) is 5.75 Å². The monoisotopic (exact) mass is 252 g/mol. The third-order valence-corrected chi connectivity index (χ3v) is 2.46. The molecule has 0 aliphatic carbocycles. The Hall–Kier alpha value is -1.69. The average molecular weight is 252 g/mol. The van der Waals surface area contributed by atoms with Gasteiger partial charge in [-0.05, 0) is 12.8 Å². The summed E-state index contributed by atoms with van der Waals surface area (Å²) in [4.78, 5) is 12.3. The lowest BCUT2D eigenvalue weighted by Gasteiger charge is -2.07. The summed E-state index contributed by atoms with van der Waals surface area (Å²) in [5.74, 6) is 1.06. The summed E-state index contributed by atoms with van der Waals surface area (Å²) in [6.07, 6.45) is 4.98. The first kappa shape index (κ1) is 14.4. The highest BCUT2D eigenvalue weighted by Gasteiger charge is 2.07. The molecule has 0 atom stereocenters. The van der Waals surface area contributed by atoms with Gasteiger partial charge < -0.3 is 15.6 Å². The third kappa shape index (κ3) is 4.29. The van der Waals surface area contributed by atoms with Crippen LogP contribution in [0.1, 0.15) is 32.6 Å². The Morgan fingerprint density at radius 1 is 1.50 bits per heavy atom. The van der Waals surface area contributed by atoms with E-state index in [2.05, 4.69) is 21.9 Å². The molecule has 0 bridgehead atoms. The molecule has 0 saturated heterocycles. The van der Waals surface area contributed by atoms with E-state index in [0.29, 0.717) is 18.0 Å². The molecule has 0 aromatic carbocycles. The number of hydrogen-bond donors (Lipinski definition) is 2. The highest BCUT2D eigenvalue weighted by Crippen LogP contribution is 2.25. The maximum atomic E-state index is 9.03. The first-order chi connectivity index (χ1) is 8.71. The number of methoxy groups -OCH3 is 1. The van der Waals surface area contributed by atoms with Crippen molar-refractivity contribution in [3.63, 3.8) is 0 Å². The minimum absolute atomic E-state index is 0.0748. The molecule has 1 rings (SSSR count). The smallest absolute Gasteiger partial charge is 0.222 e. The normalized spacial score (nSPS) is 11.6. The summed E-state index contributed by atoms with van der Waals surface area (Å²) in [5.41, 5.74) is 6.43. The Kier molecular flexibility index (Phi) is 6.07. The molecule has 0 spiro atoms. The van der Waals surface area contributed by atoms with Gasteiger partial charge in [-0.1, -0.05) is 13.3 Å². The van der Waals surface area contributed by atoms with Crippen LogP contribution in [0.3, 0.4) is 0 Å². The van der Waals surface area contributed by atoms with Gasteiger partial charge in [0.1, 0.15) is 0 Å². The number of nitrogen functional groups attached to an aromatic ring is 1. The topological polar surface area (TPSA) is 93.6 Å². The van der Waals surface area contributed by atoms with E-state index in [9.17, 15) is 0 Å². The fourth-order valence-electron chi connectivity index (χ4n) is 1.50. The SMILES string of the molecule is CCCCC(CCO)=Nc1nc(N)ncc1OC. The van der Waals surface area contributed by atoms with E-state index in [0.717, 1.165) is 25.0 Å². The van der Waals surface area contributed by atoms with Gasteiger partial charge in [0.05, 0.1) is 13.3 Å². The molecule has 1 heterocycles. The van der Waals surface area contributed by atoms with Gasteiger partial charge in [0.25, 0.3) is 0 Å². The first-order valence-electron chi connectivity index (χ1n) is 6.05. The molecular weight excluding hydrogens is 232 g/mol. The zero-order valence-corrected chi connectivity index (χ0v) is 10.9. The van der Waals surface area contributed by atoms with Crippen LogP contribution < -0.4 is 10.5 Å². The number of hydrogen-bond acceptors (Lipinski definition) is 6. The maximum absolute atomic E-state index is 9.03. The summed E-state index contributed by atoms with van der Waals surface area (Å²) in [7, 11) is 1.53. The average Bonchev–Trinajstić information content (AvgIpc) is 2.36. The number of rotatable bonds is 7. The van der Waals surface area contributed by atoms with Crippen LogP contribution in [0.2, 0.25) is 0 Å².